The summed E-state index contributed by atoms with van der Waals surface area (Å²) in [4.78, 5) is 12.9. The maximum atomic E-state index is 11.2. The summed E-state index contributed by atoms with van der Waals surface area (Å²) >= 11 is 0. The highest BCUT2D eigenvalue weighted by Crippen LogP contribution is 2.14. The molecule has 0 rings (SSSR count). The van der Waals surface area contributed by atoms with Gasteiger partial charge in [-0.3, -0.25) is 4.79 Å². The van der Waals surface area contributed by atoms with E-state index >= 15 is 0 Å². The van der Waals surface area contributed by atoms with E-state index < -0.39 is 0 Å². The standard InChI is InChI=1S/C14H25NO2/c1-5-13(16)10-9-12(3)8-7-11-15(4)14(17)6-2/h5-6,12-13,16H,1-2,7-11H2,3-4H3. The molecule has 2 atom stereocenters. The van der Waals surface area contributed by atoms with Crippen LogP contribution in [0.3, 0.4) is 0 Å². The molecule has 2 unspecified atom stereocenters. The Balaban J connectivity index is 3.63. The van der Waals surface area contributed by atoms with Crippen molar-refractivity contribution in [3.8, 4) is 0 Å². The maximum absolute atomic E-state index is 11.2. The van der Waals surface area contributed by atoms with Crippen LogP contribution in [0, 0.1) is 5.92 Å². The van der Waals surface area contributed by atoms with Gasteiger partial charge in [0, 0.05) is 13.6 Å². The van der Waals surface area contributed by atoms with E-state index in [2.05, 4.69) is 20.1 Å². The molecule has 0 aliphatic heterocycles. The molecule has 0 saturated carbocycles. The molecule has 0 spiro atoms. The van der Waals surface area contributed by atoms with Crippen LogP contribution < -0.4 is 0 Å². The van der Waals surface area contributed by atoms with E-state index in [1.165, 1.54) is 6.08 Å². The van der Waals surface area contributed by atoms with Crippen LogP contribution in [0.2, 0.25) is 0 Å². The van der Waals surface area contributed by atoms with Crippen molar-refractivity contribution >= 4 is 5.91 Å². The molecule has 3 heteroatoms. The minimum Gasteiger partial charge on any atom is -0.389 e. The van der Waals surface area contributed by atoms with Crippen molar-refractivity contribution in [2.75, 3.05) is 13.6 Å². The quantitative estimate of drug-likeness (QED) is 0.496. The number of nitrogens with zero attached hydrogens (tertiary/aromatic N) is 1. The van der Waals surface area contributed by atoms with E-state index in [1.54, 1.807) is 18.0 Å². The lowest BCUT2D eigenvalue weighted by Gasteiger charge is -2.17. The minimum absolute atomic E-state index is 0.0280. The zero-order chi connectivity index (χ0) is 13.3. The van der Waals surface area contributed by atoms with E-state index in [4.69, 9.17) is 0 Å². The Morgan fingerprint density at radius 1 is 1.35 bits per heavy atom. The lowest BCUT2D eigenvalue weighted by atomic mass is 9.98. The third-order valence-electron chi connectivity index (χ3n) is 2.97. The number of hydrogen-bond donors (Lipinski definition) is 1. The first kappa shape index (κ1) is 15.9. The highest BCUT2D eigenvalue weighted by Gasteiger charge is 2.07. The highest BCUT2D eigenvalue weighted by molar-refractivity contribution is 5.86. The molecule has 0 aliphatic carbocycles. The Bertz CT molecular complexity index is 251. The summed E-state index contributed by atoms with van der Waals surface area (Å²) < 4.78 is 0. The fourth-order valence-corrected chi connectivity index (χ4v) is 1.66. The van der Waals surface area contributed by atoms with Gasteiger partial charge in [0.1, 0.15) is 0 Å². The summed E-state index contributed by atoms with van der Waals surface area (Å²) in [5.74, 6) is 0.538. The Morgan fingerprint density at radius 2 is 2.00 bits per heavy atom. The third kappa shape index (κ3) is 7.75. The van der Waals surface area contributed by atoms with Crippen LogP contribution >= 0.6 is 0 Å². The number of carbonyl (C=O) groups is 1. The number of carbonyl (C=O) groups excluding carboxylic acids is 1. The zero-order valence-corrected chi connectivity index (χ0v) is 11.1. The number of aliphatic hydroxyl groups is 1. The molecule has 1 amide bonds. The number of amides is 1. The number of aliphatic hydroxyl groups excluding tert-OH is 1. The van der Waals surface area contributed by atoms with Crippen LogP contribution in [0.25, 0.3) is 0 Å². The molecule has 0 radical (unpaired) electrons. The van der Waals surface area contributed by atoms with Crippen LogP contribution in [0.1, 0.15) is 32.6 Å². The number of hydrogen-bond acceptors (Lipinski definition) is 2. The molecule has 0 aromatic rings. The molecular formula is C14H25NO2. The first-order chi connectivity index (χ1) is 8.01. The van der Waals surface area contributed by atoms with Gasteiger partial charge < -0.3 is 10.0 Å². The van der Waals surface area contributed by atoms with Gasteiger partial charge in [0.05, 0.1) is 6.10 Å². The molecule has 0 bridgehead atoms. The SMILES string of the molecule is C=CC(=O)N(C)CCCC(C)CCC(O)C=C. The van der Waals surface area contributed by atoms with Crippen LogP contribution in [0.4, 0.5) is 0 Å². The Kier molecular flexibility index (Phi) is 8.42. The summed E-state index contributed by atoms with van der Waals surface area (Å²) in [5.41, 5.74) is 0. The largest absolute Gasteiger partial charge is 0.389 e. The predicted molar refractivity (Wildman–Crippen MR) is 71.7 cm³/mol. The molecule has 3 nitrogen and oxygen atoms in total. The molecule has 0 aromatic heterocycles. The van der Waals surface area contributed by atoms with Gasteiger partial charge in [-0.25, -0.2) is 0 Å². The highest BCUT2D eigenvalue weighted by atomic mass is 16.3. The van der Waals surface area contributed by atoms with E-state index in [1.807, 2.05) is 0 Å². The van der Waals surface area contributed by atoms with E-state index in [0.717, 1.165) is 32.2 Å². The molecule has 0 fully saturated rings. The summed E-state index contributed by atoms with van der Waals surface area (Å²) in [7, 11) is 1.79. The van der Waals surface area contributed by atoms with Crippen LogP contribution in [0.5, 0.6) is 0 Å². The molecule has 17 heavy (non-hydrogen) atoms. The molecular weight excluding hydrogens is 214 g/mol. The Hall–Kier alpha value is -1.09. The fraction of sp³-hybridized carbons (Fsp3) is 0.643. The van der Waals surface area contributed by atoms with Gasteiger partial charge in [-0.15, -0.1) is 6.58 Å². The van der Waals surface area contributed by atoms with E-state index in [0.29, 0.717) is 5.92 Å². The third-order valence-corrected chi connectivity index (χ3v) is 2.97. The van der Waals surface area contributed by atoms with Gasteiger partial charge in [-0.1, -0.05) is 19.6 Å². The van der Waals surface area contributed by atoms with Crippen molar-refractivity contribution in [2.45, 2.75) is 38.7 Å². The first-order valence-electron chi connectivity index (χ1n) is 6.19. The van der Waals surface area contributed by atoms with Crippen LogP contribution in [-0.2, 0) is 4.79 Å². The van der Waals surface area contributed by atoms with Gasteiger partial charge in [0.15, 0.2) is 0 Å². The molecule has 0 aromatic carbocycles. The van der Waals surface area contributed by atoms with E-state index in [-0.39, 0.29) is 12.0 Å². The fourth-order valence-electron chi connectivity index (χ4n) is 1.66. The van der Waals surface area contributed by atoms with Crippen molar-refractivity contribution in [1.29, 1.82) is 0 Å². The number of rotatable bonds is 9. The van der Waals surface area contributed by atoms with Crippen LogP contribution in [0.15, 0.2) is 25.3 Å². The van der Waals surface area contributed by atoms with Gasteiger partial charge in [-0.05, 0) is 37.7 Å². The van der Waals surface area contributed by atoms with Crippen molar-refractivity contribution in [3.63, 3.8) is 0 Å². The number of likely N-dealkylation sites (N-methyl/N-ethyl adjacent to an activating group) is 1. The van der Waals surface area contributed by atoms with Crippen molar-refractivity contribution in [1.82, 2.24) is 4.90 Å². The Labute approximate surface area is 105 Å². The van der Waals surface area contributed by atoms with Crippen LogP contribution in [-0.4, -0.2) is 35.6 Å². The maximum Gasteiger partial charge on any atom is 0.245 e. The monoisotopic (exact) mass is 239 g/mol. The molecule has 0 heterocycles. The molecule has 0 saturated heterocycles. The molecule has 0 aliphatic rings. The second kappa shape index (κ2) is 8.99. The van der Waals surface area contributed by atoms with Gasteiger partial charge in [0.25, 0.3) is 0 Å². The average molecular weight is 239 g/mol. The summed E-state index contributed by atoms with van der Waals surface area (Å²) in [6.07, 6.45) is 6.34. The summed E-state index contributed by atoms with van der Waals surface area (Å²) in [5, 5.41) is 9.34. The van der Waals surface area contributed by atoms with Crippen molar-refractivity contribution in [2.24, 2.45) is 5.92 Å². The summed E-state index contributed by atoms with van der Waals surface area (Å²) in [6, 6.07) is 0. The average Bonchev–Trinajstić information content (AvgIpc) is 2.34. The van der Waals surface area contributed by atoms with Gasteiger partial charge >= 0.3 is 0 Å². The van der Waals surface area contributed by atoms with Gasteiger partial charge in [0.2, 0.25) is 5.91 Å². The van der Waals surface area contributed by atoms with Gasteiger partial charge in [-0.2, -0.15) is 0 Å². The topological polar surface area (TPSA) is 40.5 Å². The minimum atomic E-state index is -0.387. The molecule has 1 N–H and O–H groups in total. The second-order valence-electron chi connectivity index (χ2n) is 4.59. The Morgan fingerprint density at radius 3 is 2.53 bits per heavy atom. The smallest absolute Gasteiger partial charge is 0.245 e. The van der Waals surface area contributed by atoms with E-state index in [9.17, 15) is 9.90 Å². The lowest BCUT2D eigenvalue weighted by Crippen LogP contribution is -2.25. The first-order valence-corrected chi connectivity index (χ1v) is 6.19. The lowest BCUT2D eigenvalue weighted by molar-refractivity contribution is -0.124. The predicted octanol–water partition coefficient (Wildman–Crippen LogP) is 2.37. The summed E-state index contributed by atoms with van der Waals surface area (Å²) in [6.45, 7) is 9.94. The normalized spacial score (nSPS) is 13.8. The van der Waals surface area contributed by atoms with Crippen molar-refractivity contribution in [3.05, 3.63) is 25.3 Å². The molecule has 98 valence electrons. The second-order valence-corrected chi connectivity index (χ2v) is 4.59. The zero-order valence-electron chi connectivity index (χ0n) is 11.1. The van der Waals surface area contributed by atoms with Crippen molar-refractivity contribution < 1.29 is 9.90 Å².